The molecule has 0 bridgehead atoms. The molecule has 0 aliphatic heterocycles. The molecule has 0 saturated heterocycles. The second kappa shape index (κ2) is 9.08. The van der Waals surface area contributed by atoms with E-state index in [9.17, 15) is 4.79 Å². The van der Waals surface area contributed by atoms with Gasteiger partial charge >= 0.3 is 0 Å². The molecule has 0 spiro atoms. The fourth-order valence-electron chi connectivity index (χ4n) is 0.594. The van der Waals surface area contributed by atoms with E-state index in [1.165, 1.54) is 6.92 Å². The van der Waals surface area contributed by atoms with Crippen molar-refractivity contribution in [2.45, 2.75) is 31.5 Å². The lowest BCUT2D eigenvalue weighted by atomic mass is 10.3. The Labute approximate surface area is 106 Å². The highest BCUT2D eigenvalue weighted by atomic mass is 35.6. The zero-order chi connectivity index (χ0) is 12.5. The standard InChI is InChI=1S/C6H7NO.C2H3Cl3.C2H6/c1-5-2-6(4-8)7-3-5;1-2(3,4)5;1-2/h2-4,7H,1H3;1H3;1-2H3. The van der Waals surface area contributed by atoms with Gasteiger partial charge < -0.3 is 4.98 Å². The zero-order valence-corrected chi connectivity index (χ0v) is 11.5. The Hall–Kier alpha value is -0.180. The van der Waals surface area contributed by atoms with E-state index >= 15 is 0 Å². The SMILES string of the molecule is CC.CC(Cl)(Cl)Cl.Cc1c[nH]c(C=O)c1. The van der Waals surface area contributed by atoms with Crippen LogP contribution in [0.4, 0.5) is 0 Å². The van der Waals surface area contributed by atoms with Gasteiger partial charge in [0.25, 0.3) is 0 Å². The highest BCUT2D eigenvalue weighted by molar-refractivity contribution is 6.67. The van der Waals surface area contributed by atoms with Crippen molar-refractivity contribution in [3.8, 4) is 0 Å². The number of carbonyl (C=O) groups excluding carboxylic acids is 1. The minimum absolute atomic E-state index is 0.641. The Bertz CT molecular complexity index is 260. The lowest BCUT2D eigenvalue weighted by Crippen LogP contribution is -1.87. The quantitative estimate of drug-likeness (QED) is 0.591. The number of nitrogens with one attached hydrogen (secondary N) is 1. The van der Waals surface area contributed by atoms with E-state index in [2.05, 4.69) is 4.98 Å². The van der Waals surface area contributed by atoms with Gasteiger partial charge in [-0.05, 0) is 25.5 Å². The summed E-state index contributed by atoms with van der Waals surface area (Å²) < 4.78 is -1.08. The van der Waals surface area contributed by atoms with Gasteiger partial charge in [-0.2, -0.15) is 0 Å². The minimum atomic E-state index is -1.08. The number of hydrogen-bond donors (Lipinski definition) is 1. The molecule has 88 valence electrons. The molecule has 1 N–H and O–H groups in total. The largest absolute Gasteiger partial charge is 0.359 e. The first-order valence-electron chi connectivity index (χ1n) is 4.50. The average Bonchev–Trinajstić information content (AvgIpc) is 2.52. The molecule has 0 radical (unpaired) electrons. The molecule has 1 aromatic rings. The van der Waals surface area contributed by atoms with Crippen molar-refractivity contribution in [2.75, 3.05) is 0 Å². The summed E-state index contributed by atoms with van der Waals surface area (Å²) in [6.07, 6.45) is 2.59. The van der Waals surface area contributed by atoms with Crippen LogP contribution in [0.3, 0.4) is 0 Å². The first-order valence-corrected chi connectivity index (χ1v) is 5.63. The summed E-state index contributed by atoms with van der Waals surface area (Å²) in [5, 5.41) is 0. The topological polar surface area (TPSA) is 32.9 Å². The molecule has 0 saturated carbocycles. The van der Waals surface area contributed by atoms with Gasteiger partial charge in [0.05, 0.1) is 5.69 Å². The second-order valence-electron chi connectivity index (χ2n) is 2.53. The molecular weight excluding hydrogens is 256 g/mol. The van der Waals surface area contributed by atoms with Crippen molar-refractivity contribution in [2.24, 2.45) is 0 Å². The first-order chi connectivity index (χ1) is 6.83. The maximum absolute atomic E-state index is 9.99. The number of alkyl halides is 3. The Morgan fingerprint density at radius 3 is 1.87 bits per heavy atom. The van der Waals surface area contributed by atoms with Crippen LogP contribution in [0.25, 0.3) is 0 Å². The summed E-state index contributed by atoms with van der Waals surface area (Å²) in [6, 6.07) is 1.80. The fraction of sp³-hybridized carbons (Fsp3) is 0.500. The summed E-state index contributed by atoms with van der Waals surface area (Å²) in [5.41, 5.74) is 1.73. The average molecular weight is 273 g/mol. The van der Waals surface area contributed by atoms with Gasteiger partial charge in [-0.3, -0.25) is 4.79 Å². The van der Waals surface area contributed by atoms with Gasteiger partial charge in [0.1, 0.15) is 0 Å². The maximum atomic E-state index is 9.99. The molecule has 1 heterocycles. The lowest BCUT2D eigenvalue weighted by Gasteiger charge is -1.94. The normalized spacial score (nSPS) is 9.27. The van der Waals surface area contributed by atoms with Crippen molar-refractivity contribution in [3.63, 3.8) is 0 Å². The molecule has 2 nitrogen and oxygen atoms in total. The third kappa shape index (κ3) is 16.5. The predicted octanol–water partition coefficient (Wildman–Crippen LogP) is 4.54. The van der Waals surface area contributed by atoms with Crippen molar-refractivity contribution < 1.29 is 4.79 Å². The summed E-state index contributed by atoms with van der Waals surface area (Å²) in [6.45, 7) is 7.42. The Balaban J connectivity index is 0. The Morgan fingerprint density at radius 2 is 1.73 bits per heavy atom. The van der Waals surface area contributed by atoms with Gasteiger partial charge in [0.15, 0.2) is 10.1 Å². The van der Waals surface area contributed by atoms with Crippen molar-refractivity contribution in [1.29, 1.82) is 0 Å². The van der Waals surface area contributed by atoms with Crippen LogP contribution in [0, 0.1) is 6.92 Å². The number of aromatic amines is 1. The Kier molecular flexibility index (Phi) is 10.4. The van der Waals surface area contributed by atoms with Gasteiger partial charge in [0, 0.05) is 6.20 Å². The van der Waals surface area contributed by atoms with Crippen molar-refractivity contribution in [1.82, 2.24) is 4.98 Å². The molecule has 0 amide bonds. The molecule has 0 unspecified atom stereocenters. The Morgan fingerprint density at radius 1 is 1.33 bits per heavy atom. The van der Waals surface area contributed by atoms with Gasteiger partial charge in [-0.25, -0.2) is 0 Å². The molecular formula is C10H16Cl3NO. The van der Waals surface area contributed by atoms with E-state index in [1.54, 1.807) is 12.3 Å². The number of aryl methyl sites for hydroxylation is 1. The van der Waals surface area contributed by atoms with Gasteiger partial charge in [-0.15, -0.1) is 0 Å². The molecule has 0 atom stereocenters. The van der Waals surface area contributed by atoms with Crippen LogP contribution < -0.4 is 0 Å². The number of aldehydes is 1. The summed E-state index contributed by atoms with van der Waals surface area (Å²) in [7, 11) is 0. The molecule has 5 heteroatoms. The van der Waals surface area contributed by atoms with E-state index in [0.29, 0.717) is 5.69 Å². The monoisotopic (exact) mass is 271 g/mol. The van der Waals surface area contributed by atoms with Crippen molar-refractivity contribution >= 4 is 41.1 Å². The summed E-state index contributed by atoms with van der Waals surface area (Å²) >= 11 is 15.2. The van der Waals surface area contributed by atoms with Crippen LogP contribution in [0.1, 0.15) is 36.8 Å². The smallest absolute Gasteiger partial charge is 0.187 e. The molecule has 0 aliphatic carbocycles. The van der Waals surface area contributed by atoms with Crippen LogP contribution in [-0.4, -0.2) is 15.1 Å². The number of carbonyl (C=O) groups is 1. The first kappa shape index (κ1) is 17.2. The zero-order valence-electron chi connectivity index (χ0n) is 9.27. The molecule has 15 heavy (non-hydrogen) atoms. The third-order valence-electron chi connectivity index (χ3n) is 0.977. The number of aromatic nitrogens is 1. The van der Waals surface area contributed by atoms with E-state index in [1.807, 2.05) is 20.8 Å². The third-order valence-corrected chi connectivity index (χ3v) is 0.977. The van der Waals surface area contributed by atoms with Crippen LogP contribution in [0.5, 0.6) is 0 Å². The molecule has 0 aliphatic rings. The van der Waals surface area contributed by atoms with Crippen molar-refractivity contribution in [3.05, 3.63) is 23.5 Å². The van der Waals surface area contributed by atoms with Crippen LogP contribution in [0.2, 0.25) is 0 Å². The predicted molar refractivity (Wildman–Crippen MR) is 68.2 cm³/mol. The fourth-order valence-corrected chi connectivity index (χ4v) is 0.594. The molecule has 0 aromatic carbocycles. The summed E-state index contributed by atoms with van der Waals surface area (Å²) in [5.74, 6) is 0. The molecule has 1 rings (SSSR count). The van der Waals surface area contributed by atoms with Crippen LogP contribution in [-0.2, 0) is 0 Å². The van der Waals surface area contributed by atoms with E-state index in [4.69, 9.17) is 34.8 Å². The van der Waals surface area contributed by atoms with E-state index in [-0.39, 0.29) is 0 Å². The minimum Gasteiger partial charge on any atom is -0.359 e. The lowest BCUT2D eigenvalue weighted by molar-refractivity contribution is 0.111. The highest BCUT2D eigenvalue weighted by Crippen LogP contribution is 2.23. The number of halogens is 3. The number of hydrogen-bond acceptors (Lipinski definition) is 1. The van der Waals surface area contributed by atoms with E-state index in [0.717, 1.165) is 11.8 Å². The molecule has 0 fully saturated rings. The van der Waals surface area contributed by atoms with Gasteiger partial charge in [-0.1, -0.05) is 48.7 Å². The second-order valence-corrected chi connectivity index (χ2v) is 5.38. The maximum Gasteiger partial charge on any atom is 0.187 e. The number of rotatable bonds is 1. The number of H-pyrrole nitrogens is 1. The van der Waals surface area contributed by atoms with Gasteiger partial charge in [0.2, 0.25) is 0 Å². The summed E-state index contributed by atoms with van der Waals surface area (Å²) in [4.78, 5) is 12.8. The van der Waals surface area contributed by atoms with Crippen LogP contribution >= 0.6 is 34.8 Å². The van der Waals surface area contributed by atoms with E-state index < -0.39 is 3.79 Å². The highest BCUT2D eigenvalue weighted by Gasteiger charge is 2.07. The molecule has 1 aromatic heterocycles. The van der Waals surface area contributed by atoms with Crippen LogP contribution in [0.15, 0.2) is 12.3 Å².